The van der Waals surface area contributed by atoms with Gasteiger partial charge in [0.15, 0.2) is 0 Å². The molecule has 0 unspecified atom stereocenters. The Labute approximate surface area is 93.7 Å². The smallest absolute Gasteiger partial charge is 0.132 e. The first-order valence-electron chi connectivity index (χ1n) is 5.16. The second-order valence-corrected chi connectivity index (χ2v) is 3.70. The fourth-order valence-corrected chi connectivity index (χ4v) is 1.67. The van der Waals surface area contributed by atoms with Crippen LogP contribution in [0.15, 0.2) is 30.6 Å². The molecule has 0 aliphatic rings. The molecule has 16 heavy (non-hydrogen) atoms. The molecule has 0 saturated carbocycles. The number of aromatic nitrogens is 2. The third kappa shape index (κ3) is 1.97. The summed E-state index contributed by atoms with van der Waals surface area (Å²) >= 11 is 0. The Morgan fingerprint density at radius 3 is 2.75 bits per heavy atom. The highest BCUT2D eigenvalue weighted by Gasteiger charge is 2.07. The SMILES string of the molecule is Cc1nccn1Cc1cccc(CN)c1F. The van der Waals surface area contributed by atoms with Crippen molar-refractivity contribution in [1.29, 1.82) is 0 Å². The zero-order valence-corrected chi connectivity index (χ0v) is 9.15. The van der Waals surface area contributed by atoms with Gasteiger partial charge >= 0.3 is 0 Å². The summed E-state index contributed by atoms with van der Waals surface area (Å²) in [7, 11) is 0. The van der Waals surface area contributed by atoms with Gasteiger partial charge in [0.1, 0.15) is 11.6 Å². The van der Waals surface area contributed by atoms with Crippen molar-refractivity contribution >= 4 is 0 Å². The van der Waals surface area contributed by atoms with Crippen molar-refractivity contribution in [2.24, 2.45) is 5.73 Å². The molecule has 1 aromatic heterocycles. The van der Waals surface area contributed by atoms with Crippen LogP contribution in [-0.4, -0.2) is 9.55 Å². The van der Waals surface area contributed by atoms with Gasteiger partial charge in [-0.2, -0.15) is 0 Å². The zero-order valence-electron chi connectivity index (χ0n) is 9.15. The van der Waals surface area contributed by atoms with Crippen molar-refractivity contribution in [3.8, 4) is 0 Å². The Bertz CT molecular complexity index is 491. The van der Waals surface area contributed by atoms with Gasteiger partial charge in [-0.15, -0.1) is 0 Å². The highest BCUT2D eigenvalue weighted by molar-refractivity contribution is 5.26. The van der Waals surface area contributed by atoms with Crippen LogP contribution in [0.5, 0.6) is 0 Å². The van der Waals surface area contributed by atoms with Crippen LogP contribution in [0.2, 0.25) is 0 Å². The van der Waals surface area contributed by atoms with E-state index in [1.165, 1.54) is 0 Å². The molecule has 2 aromatic rings. The molecule has 0 radical (unpaired) electrons. The van der Waals surface area contributed by atoms with Crippen molar-refractivity contribution in [2.45, 2.75) is 20.0 Å². The van der Waals surface area contributed by atoms with Gasteiger partial charge in [-0.25, -0.2) is 9.37 Å². The molecular weight excluding hydrogens is 205 g/mol. The van der Waals surface area contributed by atoms with Gasteiger partial charge in [0.25, 0.3) is 0 Å². The van der Waals surface area contributed by atoms with Crippen LogP contribution in [-0.2, 0) is 13.1 Å². The van der Waals surface area contributed by atoms with E-state index in [1.807, 2.05) is 23.8 Å². The predicted octanol–water partition coefficient (Wildman–Crippen LogP) is 1.84. The molecule has 0 aliphatic carbocycles. The molecule has 1 heterocycles. The number of nitrogens with zero attached hydrogens (tertiary/aromatic N) is 2. The lowest BCUT2D eigenvalue weighted by molar-refractivity contribution is 0.582. The Hall–Kier alpha value is -1.68. The molecule has 0 fully saturated rings. The topological polar surface area (TPSA) is 43.8 Å². The van der Waals surface area contributed by atoms with Gasteiger partial charge in [-0.1, -0.05) is 18.2 Å². The standard InChI is InChI=1S/C12H14FN3/c1-9-15-5-6-16(9)8-11-4-2-3-10(7-14)12(11)13/h2-6H,7-8,14H2,1H3. The molecule has 2 N–H and O–H groups in total. The summed E-state index contributed by atoms with van der Waals surface area (Å²) in [4.78, 5) is 4.10. The minimum Gasteiger partial charge on any atom is -0.331 e. The predicted molar refractivity (Wildman–Crippen MR) is 60.4 cm³/mol. The first-order chi connectivity index (χ1) is 7.72. The largest absolute Gasteiger partial charge is 0.331 e. The highest BCUT2D eigenvalue weighted by atomic mass is 19.1. The number of benzene rings is 1. The van der Waals surface area contributed by atoms with E-state index in [0.29, 0.717) is 17.7 Å². The first-order valence-corrected chi connectivity index (χ1v) is 5.16. The van der Waals surface area contributed by atoms with Crippen molar-refractivity contribution in [1.82, 2.24) is 9.55 Å². The molecule has 0 aliphatic heterocycles. The molecule has 0 spiro atoms. The number of nitrogens with two attached hydrogens (primary N) is 1. The summed E-state index contributed by atoms with van der Waals surface area (Å²) in [6, 6.07) is 5.31. The zero-order chi connectivity index (χ0) is 11.5. The number of hydrogen-bond acceptors (Lipinski definition) is 2. The molecule has 3 nitrogen and oxygen atoms in total. The van der Waals surface area contributed by atoms with Gasteiger partial charge in [0.2, 0.25) is 0 Å². The van der Waals surface area contributed by atoms with Gasteiger partial charge < -0.3 is 10.3 Å². The second kappa shape index (κ2) is 4.45. The fourth-order valence-electron chi connectivity index (χ4n) is 1.67. The van der Waals surface area contributed by atoms with E-state index < -0.39 is 0 Å². The second-order valence-electron chi connectivity index (χ2n) is 3.70. The molecule has 0 atom stereocenters. The summed E-state index contributed by atoms with van der Waals surface area (Å²) < 4.78 is 15.8. The average molecular weight is 219 g/mol. The Balaban J connectivity index is 2.32. The normalized spacial score (nSPS) is 10.7. The molecule has 0 saturated heterocycles. The van der Waals surface area contributed by atoms with Crippen molar-refractivity contribution < 1.29 is 4.39 Å². The van der Waals surface area contributed by atoms with E-state index in [2.05, 4.69) is 4.98 Å². The molecule has 2 rings (SSSR count). The van der Waals surface area contributed by atoms with Crippen LogP contribution in [0.4, 0.5) is 4.39 Å². The summed E-state index contributed by atoms with van der Waals surface area (Å²) in [6.07, 6.45) is 3.55. The first kappa shape index (κ1) is 10.8. The molecule has 0 amide bonds. The molecular formula is C12H14FN3. The average Bonchev–Trinajstić information content (AvgIpc) is 2.68. The summed E-state index contributed by atoms with van der Waals surface area (Å²) in [5, 5.41) is 0. The van der Waals surface area contributed by atoms with Gasteiger partial charge in [0, 0.05) is 30.1 Å². The third-order valence-electron chi connectivity index (χ3n) is 2.64. The number of imidazole rings is 1. The van der Waals surface area contributed by atoms with Crippen molar-refractivity contribution in [2.75, 3.05) is 0 Å². The number of aryl methyl sites for hydroxylation is 1. The maximum atomic E-state index is 13.9. The number of hydrogen-bond donors (Lipinski definition) is 1. The maximum absolute atomic E-state index is 13.9. The van der Waals surface area contributed by atoms with E-state index in [9.17, 15) is 4.39 Å². The van der Waals surface area contributed by atoms with Crippen LogP contribution < -0.4 is 5.73 Å². The lowest BCUT2D eigenvalue weighted by Gasteiger charge is -2.08. The Morgan fingerprint density at radius 1 is 1.38 bits per heavy atom. The van der Waals surface area contributed by atoms with E-state index in [-0.39, 0.29) is 12.4 Å². The summed E-state index contributed by atoms with van der Waals surface area (Å²) in [5.74, 6) is 0.663. The van der Waals surface area contributed by atoms with Crippen LogP contribution in [0.3, 0.4) is 0 Å². The Kier molecular flexibility index (Phi) is 3.01. The molecule has 4 heteroatoms. The third-order valence-corrected chi connectivity index (χ3v) is 2.64. The molecule has 1 aromatic carbocycles. The number of rotatable bonds is 3. The van der Waals surface area contributed by atoms with E-state index >= 15 is 0 Å². The van der Waals surface area contributed by atoms with Crippen LogP contribution in [0, 0.1) is 12.7 Å². The lowest BCUT2D eigenvalue weighted by atomic mass is 10.1. The minimum absolute atomic E-state index is 0.210. The molecule has 84 valence electrons. The summed E-state index contributed by atoms with van der Waals surface area (Å²) in [5.41, 5.74) is 6.66. The van der Waals surface area contributed by atoms with Gasteiger partial charge in [-0.3, -0.25) is 0 Å². The minimum atomic E-state index is -0.210. The Morgan fingerprint density at radius 2 is 2.12 bits per heavy atom. The van der Waals surface area contributed by atoms with E-state index in [4.69, 9.17) is 5.73 Å². The van der Waals surface area contributed by atoms with Gasteiger partial charge in [0.05, 0.1) is 6.54 Å². The van der Waals surface area contributed by atoms with Gasteiger partial charge in [-0.05, 0) is 6.92 Å². The van der Waals surface area contributed by atoms with E-state index in [0.717, 1.165) is 5.82 Å². The monoisotopic (exact) mass is 219 g/mol. The maximum Gasteiger partial charge on any atom is 0.132 e. The van der Waals surface area contributed by atoms with Crippen LogP contribution in [0.1, 0.15) is 17.0 Å². The van der Waals surface area contributed by atoms with Crippen molar-refractivity contribution in [3.05, 3.63) is 53.4 Å². The van der Waals surface area contributed by atoms with Crippen LogP contribution >= 0.6 is 0 Å². The van der Waals surface area contributed by atoms with Crippen LogP contribution in [0.25, 0.3) is 0 Å². The van der Waals surface area contributed by atoms with E-state index in [1.54, 1.807) is 18.3 Å². The lowest BCUT2D eigenvalue weighted by Crippen LogP contribution is -2.07. The van der Waals surface area contributed by atoms with Crippen molar-refractivity contribution in [3.63, 3.8) is 0 Å². The highest BCUT2D eigenvalue weighted by Crippen LogP contribution is 2.14. The fraction of sp³-hybridized carbons (Fsp3) is 0.250. The molecule has 0 bridgehead atoms. The number of halogens is 1. The quantitative estimate of drug-likeness (QED) is 0.856. The summed E-state index contributed by atoms with van der Waals surface area (Å²) in [6.45, 7) is 2.61.